The van der Waals surface area contributed by atoms with Gasteiger partial charge in [-0.1, -0.05) is 13.3 Å². The Morgan fingerprint density at radius 2 is 1.38 bits per heavy atom. The maximum atomic E-state index is 13.1. The van der Waals surface area contributed by atoms with Crippen LogP contribution in [0.25, 0.3) is 0 Å². The number of rotatable bonds is 5. The molecule has 0 spiro atoms. The topological polar surface area (TPSA) is 68.3 Å². The first-order chi connectivity index (χ1) is 10.5. The fourth-order valence-corrected chi connectivity index (χ4v) is 8.03. The van der Waals surface area contributed by atoms with E-state index in [1.165, 1.54) is 0 Å². The van der Waals surface area contributed by atoms with E-state index in [0.29, 0.717) is 6.42 Å². The number of alkyl halides is 6. The van der Waals surface area contributed by atoms with Gasteiger partial charge in [-0.3, -0.25) is 4.48 Å². The quantitative estimate of drug-likeness (QED) is 0.520. The average Bonchev–Trinajstić information content (AvgIpc) is 2.73. The van der Waals surface area contributed by atoms with Crippen LogP contribution in [0.2, 0.25) is 0 Å². The van der Waals surface area contributed by atoms with Crippen LogP contribution in [-0.4, -0.2) is 56.7 Å². The normalized spacial score (nSPS) is 25.8. The highest BCUT2D eigenvalue weighted by Crippen LogP contribution is 2.53. The third-order valence-electron chi connectivity index (χ3n) is 4.42. The smallest absolute Gasteiger partial charge is 0.295 e. The number of unbranched alkanes of at least 4 members (excludes halogenated alkanes) is 1. The summed E-state index contributed by atoms with van der Waals surface area (Å²) in [4.78, 5) is 0. The Morgan fingerprint density at radius 3 is 1.71 bits per heavy atom. The van der Waals surface area contributed by atoms with E-state index in [9.17, 15) is 43.2 Å². The maximum Gasteiger partial charge on any atom is 0.504 e. The molecule has 0 radical (unpaired) electrons. The second-order valence-corrected chi connectivity index (χ2v) is 10.5. The Balaban J connectivity index is 3.87. The summed E-state index contributed by atoms with van der Waals surface area (Å²) < 4.78 is 121. The summed E-state index contributed by atoms with van der Waals surface area (Å²) in [6, 6.07) is 0. The predicted molar refractivity (Wildman–Crippen MR) is 72.7 cm³/mol. The van der Waals surface area contributed by atoms with Crippen LogP contribution in [0.3, 0.4) is 0 Å². The number of hydrogen-bond donors (Lipinski definition) is 0. The van der Waals surface area contributed by atoms with Gasteiger partial charge >= 0.3 is 34.9 Å². The molecular weight excluding hydrogens is 388 g/mol. The molecule has 1 aliphatic heterocycles. The summed E-state index contributed by atoms with van der Waals surface area (Å²) in [6.07, 6.45) is -1.21. The molecule has 1 aliphatic rings. The second-order valence-electron chi connectivity index (χ2n) is 5.91. The first-order valence-electron chi connectivity index (χ1n) is 6.98. The van der Waals surface area contributed by atoms with Crippen molar-refractivity contribution in [2.24, 2.45) is 0 Å². The van der Waals surface area contributed by atoms with Crippen molar-refractivity contribution >= 4 is 19.7 Å². The van der Waals surface area contributed by atoms with Gasteiger partial charge in [0.2, 0.25) is 0 Å². The third kappa shape index (κ3) is 2.71. The van der Waals surface area contributed by atoms with Gasteiger partial charge in [0.25, 0.3) is 0 Å². The van der Waals surface area contributed by atoms with Crippen molar-refractivity contribution in [2.75, 3.05) is 20.1 Å². The van der Waals surface area contributed by atoms with Gasteiger partial charge in [0.1, 0.15) is 0 Å². The number of quaternary nitrogens is 1. The highest BCUT2D eigenvalue weighted by atomic mass is 32.3. The van der Waals surface area contributed by atoms with Crippen LogP contribution >= 0.6 is 0 Å². The van der Waals surface area contributed by atoms with Crippen molar-refractivity contribution in [3.63, 3.8) is 0 Å². The number of nitrogens with zero attached hydrogens (tertiary/aromatic N) is 1. The Hall–Kier alpha value is -0.560. The fourth-order valence-electron chi connectivity index (χ4n) is 3.24. The molecule has 0 amide bonds. The predicted octanol–water partition coefficient (Wildman–Crippen LogP) is 2.55. The van der Waals surface area contributed by atoms with E-state index in [-0.39, 0.29) is 12.8 Å². The zero-order valence-electron chi connectivity index (χ0n) is 12.9. The minimum Gasteiger partial charge on any atom is -0.295 e. The lowest BCUT2D eigenvalue weighted by Crippen LogP contribution is -2.70. The van der Waals surface area contributed by atoms with Crippen molar-refractivity contribution < 1.29 is 47.7 Å². The van der Waals surface area contributed by atoms with Gasteiger partial charge < -0.3 is 0 Å². The van der Waals surface area contributed by atoms with Crippen LogP contribution in [0.15, 0.2) is 0 Å². The first-order valence-corrected chi connectivity index (χ1v) is 9.95. The lowest BCUT2D eigenvalue weighted by atomic mass is 10.3. The Kier molecular flexibility index (Phi) is 5.38. The number of likely N-dealkylation sites (tertiary alicyclic amines) is 1. The van der Waals surface area contributed by atoms with E-state index in [1.54, 1.807) is 6.92 Å². The van der Waals surface area contributed by atoms with E-state index in [1.807, 2.05) is 0 Å². The lowest BCUT2D eigenvalue weighted by molar-refractivity contribution is -0.918. The first kappa shape index (κ1) is 21.5. The molecule has 0 aromatic carbocycles. The summed E-state index contributed by atoms with van der Waals surface area (Å²) in [5.41, 5.74) is -12.2. The van der Waals surface area contributed by atoms with Crippen LogP contribution in [0.4, 0.5) is 26.3 Å². The Morgan fingerprint density at radius 1 is 0.958 bits per heavy atom. The molecule has 1 fully saturated rings. The molecule has 0 aromatic rings. The number of halogens is 6. The minimum absolute atomic E-state index is 0.0823. The molecule has 0 aromatic heterocycles. The summed E-state index contributed by atoms with van der Waals surface area (Å²) in [6.45, 7) is 0.756. The van der Waals surface area contributed by atoms with Gasteiger partial charge in [0, 0.05) is 12.8 Å². The number of sulfone groups is 2. The van der Waals surface area contributed by atoms with Crippen LogP contribution in [0.5, 0.6) is 0 Å². The van der Waals surface area contributed by atoms with Gasteiger partial charge in [-0.15, -0.1) is 0 Å². The van der Waals surface area contributed by atoms with Crippen molar-refractivity contribution in [2.45, 2.75) is 47.8 Å². The summed E-state index contributed by atoms with van der Waals surface area (Å²) in [7, 11) is -12.5. The van der Waals surface area contributed by atoms with E-state index in [2.05, 4.69) is 0 Å². The van der Waals surface area contributed by atoms with E-state index in [0.717, 1.165) is 7.05 Å². The van der Waals surface area contributed by atoms with Gasteiger partial charge in [0.05, 0.1) is 20.1 Å². The molecule has 24 heavy (non-hydrogen) atoms. The van der Waals surface area contributed by atoms with Crippen LogP contribution in [-0.2, 0) is 19.7 Å². The molecule has 1 saturated heterocycles. The zero-order chi connectivity index (χ0) is 19.2. The maximum absolute atomic E-state index is 13.1. The van der Waals surface area contributed by atoms with Gasteiger partial charge in [-0.2, -0.15) is 26.3 Å². The summed E-state index contributed by atoms with van der Waals surface area (Å²) in [5.74, 6) is 0. The molecule has 5 nitrogen and oxygen atoms in total. The molecule has 0 bridgehead atoms. The molecule has 0 N–H and O–H groups in total. The molecule has 0 saturated carbocycles. The van der Waals surface area contributed by atoms with Crippen LogP contribution in [0, 0.1) is 0 Å². The fraction of sp³-hybridized carbons (Fsp3) is 1.00. The zero-order valence-corrected chi connectivity index (χ0v) is 14.5. The second kappa shape index (κ2) is 6.01. The van der Waals surface area contributed by atoms with Gasteiger partial charge in [-0.25, -0.2) is 16.8 Å². The van der Waals surface area contributed by atoms with E-state index >= 15 is 0 Å². The van der Waals surface area contributed by atoms with Crippen LogP contribution in [0.1, 0.15) is 32.6 Å². The lowest BCUT2D eigenvalue weighted by Gasteiger charge is -2.44. The minimum atomic E-state index is -6.65. The monoisotopic (exact) mass is 406 g/mol. The van der Waals surface area contributed by atoms with Crippen molar-refractivity contribution in [1.82, 2.24) is 0 Å². The molecule has 0 aliphatic carbocycles. The van der Waals surface area contributed by atoms with Crippen molar-refractivity contribution in [3.05, 3.63) is 0 Å². The molecule has 1 heterocycles. The molecule has 144 valence electrons. The Bertz CT molecular complexity index is 638. The van der Waals surface area contributed by atoms with Crippen LogP contribution < -0.4 is 0 Å². The molecular formula is C11H18F6NO4S2+. The molecule has 1 rings (SSSR count). The summed E-state index contributed by atoms with van der Waals surface area (Å²) in [5, 5.41) is 0. The van der Waals surface area contributed by atoms with Crippen molar-refractivity contribution in [1.29, 1.82) is 0 Å². The largest absolute Gasteiger partial charge is 0.504 e. The molecule has 1 atom stereocenters. The SMILES string of the molecule is CCCC[N+]1(C)CCCC1(S(=O)(=O)C(F)(F)F)S(=O)(=O)C(F)(F)F. The number of hydrogen-bond acceptors (Lipinski definition) is 4. The highest BCUT2D eigenvalue weighted by Gasteiger charge is 2.82. The van der Waals surface area contributed by atoms with Gasteiger partial charge in [0.15, 0.2) is 0 Å². The van der Waals surface area contributed by atoms with E-state index < -0.39 is 58.9 Å². The summed E-state index contributed by atoms with van der Waals surface area (Å²) >= 11 is 0. The van der Waals surface area contributed by atoms with Gasteiger partial charge in [-0.05, 0) is 6.42 Å². The highest BCUT2D eigenvalue weighted by molar-refractivity contribution is 8.10. The average molecular weight is 406 g/mol. The standard InChI is InChI=1S/C11H18F6NO4S2/c1-3-4-7-18(2)8-5-6-9(18,23(19,20)10(12,13)14)24(21,22)11(15,16)17/h3-8H2,1-2H3/q+1. The van der Waals surface area contributed by atoms with E-state index in [4.69, 9.17) is 0 Å². The van der Waals surface area contributed by atoms with Crippen molar-refractivity contribution in [3.8, 4) is 0 Å². The Labute approximate surface area is 136 Å². The third-order valence-corrected chi connectivity index (χ3v) is 9.93. The molecule has 13 heteroatoms. The molecule has 1 unspecified atom stereocenters.